The molecule has 0 radical (unpaired) electrons. The Morgan fingerprint density at radius 2 is 1.60 bits per heavy atom. The van der Waals surface area contributed by atoms with Gasteiger partial charge < -0.3 is 10.2 Å². The van der Waals surface area contributed by atoms with Crippen LogP contribution in [0.15, 0.2) is 76.1 Å². The van der Waals surface area contributed by atoms with Crippen molar-refractivity contribution in [3.8, 4) is 0 Å². The van der Waals surface area contributed by atoms with Crippen molar-refractivity contribution in [2.45, 2.75) is 51.1 Å². The van der Waals surface area contributed by atoms with Crippen molar-refractivity contribution in [1.29, 1.82) is 0 Å². The summed E-state index contributed by atoms with van der Waals surface area (Å²) in [6.45, 7) is 5.40. The largest absolute Gasteiger partial charge is 0.354 e. The first kappa shape index (κ1) is 31.9. The number of carbonyl (C=O) groups excluding carboxylic acids is 2. The van der Waals surface area contributed by atoms with Gasteiger partial charge in [0.15, 0.2) is 0 Å². The molecule has 1 N–H and O–H groups in total. The van der Waals surface area contributed by atoms with Gasteiger partial charge in [0.1, 0.15) is 12.6 Å². The Balaban J connectivity index is 2.09. The minimum absolute atomic E-state index is 0.0410. The maximum absolute atomic E-state index is 14.1. The van der Waals surface area contributed by atoms with Gasteiger partial charge in [-0.25, -0.2) is 8.42 Å². The van der Waals surface area contributed by atoms with Crippen LogP contribution in [0.3, 0.4) is 0 Å². The zero-order chi connectivity index (χ0) is 29.4. The monoisotopic (exact) mass is 667 g/mol. The van der Waals surface area contributed by atoms with Gasteiger partial charge in [-0.2, -0.15) is 0 Å². The first-order valence-electron chi connectivity index (χ1n) is 12.8. The molecule has 2 amide bonds. The summed E-state index contributed by atoms with van der Waals surface area (Å²) < 4.78 is 29.5. The van der Waals surface area contributed by atoms with Crippen LogP contribution in [-0.2, 0) is 26.2 Å². The molecule has 0 aliphatic carbocycles. The lowest BCUT2D eigenvalue weighted by atomic mass is 10.1. The van der Waals surface area contributed by atoms with Crippen LogP contribution in [0.5, 0.6) is 0 Å². The Hall–Kier alpha value is -2.59. The summed E-state index contributed by atoms with van der Waals surface area (Å²) in [5, 5.41) is 3.53. The summed E-state index contributed by atoms with van der Waals surface area (Å²) in [7, 11) is -4.16. The summed E-state index contributed by atoms with van der Waals surface area (Å²) in [6, 6.07) is 17.2. The third kappa shape index (κ3) is 7.78. The highest BCUT2D eigenvalue weighted by atomic mass is 79.9. The van der Waals surface area contributed by atoms with Gasteiger partial charge in [-0.3, -0.25) is 13.9 Å². The average Bonchev–Trinajstić information content (AvgIpc) is 2.92. The molecule has 7 nitrogen and oxygen atoms in total. The van der Waals surface area contributed by atoms with Gasteiger partial charge in [0.2, 0.25) is 11.8 Å². The van der Waals surface area contributed by atoms with E-state index in [1.54, 1.807) is 61.5 Å². The van der Waals surface area contributed by atoms with Crippen molar-refractivity contribution in [3.05, 3.63) is 92.4 Å². The molecule has 0 saturated heterocycles. The SMILES string of the molecule is CCCNC(=O)[C@H](CC)N(Cc1c(Cl)cccc1Cl)C(=O)CN(c1cccc(Br)c1)S(=O)(=O)c1ccc(C)cc1. The minimum Gasteiger partial charge on any atom is -0.354 e. The fraction of sp³-hybridized carbons (Fsp3) is 0.310. The van der Waals surface area contributed by atoms with E-state index in [1.165, 1.54) is 17.0 Å². The number of carbonyl (C=O) groups is 2. The van der Waals surface area contributed by atoms with Crippen LogP contribution in [-0.4, -0.2) is 44.3 Å². The average molecular weight is 669 g/mol. The van der Waals surface area contributed by atoms with Crippen molar-refractivity contribution in [3.63, 3.8) is 0 Å². The van der Waals surface area contributed by atoms with Crippen LogP contribution in [0.2, 0.25) is 10.0 Å². The topological polar surface area (TPSA) is 86.8 Å². The Morgan fingerprint density at radius 3 is 2.17 bits per heavy atom. The maximum Gasteiger partial charge on any atom is 0.264 e. The Morgan fingerprint density at radius 1 is 0.975 bits per heavy atom. The second-order valence-corrected chi connectivity index (χ2v) is 12.8. The summed E-state index contributed by atoms with van der Waals surface area (Å²) >= 11 is 16.3. The molecule has 3 rings (SSSR count). The fourth-order valence-corrected chi connectivity index (χ4v) is 6.45. The lowest BCUT2D eigenvalue weighted by molar-refractivity contribution is -0.140. The summed E-state index contributed by atoms with van der Waals surface area (Å²) in [6.07, 6.45) is 1.02. The number of rotatable bonds is 12. The molecule has 40 heavy (non-hydrogen) atoms. The molecule has 0 aliphatic heterocycles. The number of amides is 2. The number of aryl methyl sites for hydroxylation is 1. The van der Waals surface area contributed by atoms with Crippen molar-refractivity contribution in [1.82, 2.24) is 10.2 Å². The fourth-order valence-electron chi connectivity index (χ4n) is 4.14. The number of anilines is 1. The van der Waals surface area contributed by atoms with Crippen LogP contribution in [0, 0.1) is 6.92 Å². The van der Waals surface area contributed by atoms with Crippen LogP contribution >= 0.6 is 39.1 Å². The molecule has 3 aromatic rings. The van der Waals surface area contributed by atoms with E-state index in [2.05, 4.69) is 21.2 Å². The molecular formula is C29H32BrCl2N3O4S. The Labute approximate surface area is 254 Å². The lowest BCUT2D eigenvalue weighted by Crippen LogP contribution is -2.52. The van der Waals surface area contributed by atoms with Crippen molar-refractivity contribution in [2.24, 2.45) is 0 Å². The second-order valence-electron chi connectivity index (χ2n) is 9.24. The standard InChI is InChI=1S/C29H32BrCl2N3O4S/c1-4-16-33-29(37)27(5-2)34(18-24-25(31)10-7-11-26(24)32)28(36)19-35(22-9-6-8-21(30)17-22)40(38,39)23-14-12-20(3)13-15-23/h6-15,17,27H,4-5,16,18-19H2,1-3H3,(H,33,37)/t27-/m0/s1. The molecule has 1 atom stereocenters. The highest BCUT2D eigenvalue weighted by Gasteiger charge is 2.34. The van der Waals surface area contributed by atoms with Gasteiger partial charge in [-0.05, 0) is 62.2 Å². The molecule has 0 heterocycles. The Bertz CT molecular complexity index is 1430. The molecule has 0 saturated carbocycles. The molecule has 0 bridgehead atoms. The van der Waals surface area contributed by atoms with E-state index in [4.69, 9.17) is 23.2 Å². The molecule has 0 unspecified atom stereocenters. The Kier molecular flexibility index (Phi) is 11.5. The molecule has 0 aromatic heterocycles. The zero-order valence-electron chi connectivity index (χ0n) is 22.5. The van der Waals surface area contributed by atoms with Crippen LogP contribution in [0.1, 0.15) is 37.8 Å². The molecule has 0 fully saturated rings. The number of sulfonamides is 1. The molecule has 0 aliphatic rings. The van der Waals surface area contributed by atoms with Crippen molar-refractivity contribution in [2.75, 3.05) is 17.4 Å². The van der Waals surface area contributed by atoms with E-state index in [0.717, 1.165) is 16.3 Å². The number of hydrogen-bond donors (Lipinski definition) is 1. The first-order valence-corrected chi connectivity index (χ1v) is 15.8. The first-order chi connectivity index (χ1) is 19.0. The molecule has 11 heteroatoms. The molecular weight excluding hydrogens is 637 g/mol. The van der Waals surface area contributed by atoms with Crippen LogP contribution < -0.4 is 9.62 Å². The smallest absolute Gasteiger partial charge is 0.264 e. The highest BCUT2D eigenvalue weighted by molar-refractivity contribution is 9.10. The number of hydrogen-bond acceptors (Lipinski definition) is 4. The van der Waals surface area contributed by atoms with E-state index in [9.17, 15) is 18.0 Å². The van der Waals surface area contributed by atoms with E-state index >= 15 is 0 Å². The number of halogens is 3. The normalized spacial score (nSPS) is 12.1. The zero-order valence-corrected chi connectivity index (χ0v) is 26.4. The van der Waals surface area contributed by atoms with Gasteiger partial charge in [0, 0.05) is 33.2 Å². The predicted octanol–water partition coefficient (Wildman–Crippen LogP) is 6.59. The molecule has 3 aromatic carbocycles. The summed E-state index contributed by atoms with van der Waals surface area (Å²) in [4.78, 5) is 28.7. The lowest BCUT2D eigenvalue weighted by Gasteiger charge is -2.33. The van der Waals surface area contributed by atoms with E-state index < -0.39 is 28.5 Å². The van der Waals surface area contributed by atoms with Gasteiger partial charge in [0.05, 0.1) is 10.6 Å². The maximum atomic E-state index is 14.1. The quantitative estimate of drug-likeness (QED) is 0.236. The van der Waals surface area contributed by atoms with Gasteiger partial charge in [0.25, 0.3) is 10.0 Å². The van der Waals surface area contributed by atoms with Gasteiger partial charge in [-0.15, -0.1) is 0 Å². The minimum atomic E-state index is -4.16. The highest BCUT2D eigenvalue weighted by Crippen LogP contribution is 2.29. The molecule has 0 spiro atoms. The summed E-state index contributed by atoms with van der Waals surface area (Å²) in [5.74, 6) is -0.915. The third-order valence-electron chi connectivity index (χ3n) is 6.31. The number of benzene rings is 3. The third-order valence-corrected chi connectivity index (χ3v) is 9.30. The van der Waals surface area contributed by atoms with Crippen LogP contribution in [0.25, 0.3) is 0 Å². The van der Waals surface area contributed by atoms with Crippen molar-refractivity contribution >= 4 is 66.7 Å². The van der Waals surface area contributed by atoms with E-state index in [-0.39, 0.29) is 17.3 Å². The molecule has 214 valence electrons. The summed E-state index contributed by atoms with van der Waals surface area (Å²) in [5.41, 5.74) is 1.66. The predicted molar refractivity (Wildman–Crippen MR) is 164 cm³/mol. The number of nitrogens with one attached hydrogen (secondary N) is 1. The second kappa shape index (κ2) is 14.3. The van der Waals surface area contributed by atoms with E-state index in [1.807, 2.05) is 13.8 Å². The van der Waals surface area contributed by atoms with E-state index in [0.29, 0.717) is 38.7 Å². The van der Waals surface area contributed by atoms with Crippen LogP contribution in [0.4, 0.5) is 5.69 Å². The van der Waals surface area contributed by atoms with Crippen molar-refractivity contribution < 1.29 is 18.0 Å². The number of nitrogens with zero attached hydrogens (tertiary/aromatic N) is 2. The van der Waals surface area contributed by atoms with Gasteiger partial charge >= 0.3 is 0 Å². The van der Waals surface area contributed by atoms with Gasteiger partial charge in [-0.1, -0.05) is 82.8 Å².